The highest BCUT2D eigenvalue weighted by Gasteiger charge is 2.21. The molecule has 0 saturated carbocycles. The summed E-state index contributed by atoms with van der Waals surface area (Å²) in [7, 11) is 0. The third kappa shape index (κ3) is 4.56. The Bertz CT molecular complexity index is 707. The number of benzene rings is 2. The molecule has 2 aromatic carbocycles. The molecule has 1 heterocycles. The molecule has 0 N–H and O–H groups in total. The first-order valence-corrected chi connectivity index (χ1v) is 9.00. The molecule has 1 fully saturated rings. The second-order valence-electron chi connectivity index (χ2n) is 5.92. The molecule has 1 saturated heterocycles. The van der Waals surface area contributed by atoms with Crippen LogP contribution < -0.4 is 0 Å². The van der Waals surface area contributed by atoms with Crippen LogP contribution in [0.3, 0.4) is 0 Å². The van der Waals surface area contributed by atoms with Crippen molar-refractivity contribution in [3.05, 3.63) is 76.3 Å². The molecule has 2 aromatic rings. The van der Waals surface area contributed by atoms with Crippen LogP contribution in [0, 0.1) is 0 Å². The maximum Gasteiger partial charge on any atom is 0.253 e. The van der Waals surface area contributed by atoms with Crippen LogP contribution >= 0.6 is 15.9 Å². The fourth-order valence-electron chi connectivity index (χ4n) is 2.84. The normalized spacial score (nSPS) is 15.8. The van der Waals surface area contributed by atoms with Gasteiger partial charge in [-0.3, -0.25) is 9.69 Å². The van der Waals surface area contributed by atoms with Gasteiger partial charge in [0.1, 0.15) is 0 Å². The summed E-state index contributed by atoms with van der Waals surface area (Å²) in [5.74, 6) is 0.121. The van der Waals surface area contributed by atoms with E-state index in [1.54, 1.807) is 0 Å². The van der Waals surface area contributed by atoms with Crippen molar-refractivity contribution in [3.63, 3.8) is 0 Å². The van der Waals surface area contributed by atoms with Gasteiger partial charge >= 0.3 is 0 Å². The number of carbonyl (C=O) groups excluding carboxylic acids is 1. The summed E-state index contributed by atoms with van der Waals surface area (Å²) in [6.45, 7) is 4.32. The molecule has 124 valence electrons. The summed E-state index contributed by atoms with van der Waals surface area (Å²) in [6, 6.07) is 17.9. The lowest BCUT2D eigenvalue weighted by Gasteiger charge is -2.34. The molecule has 1 aliphatic rings. The van der Waals surface area contributed by atoms with Crippen LogP contribution in [0.15, 0.2) is 65.1 Å². The quantitative estimate of drug-likeness (QED) is 0.797. The third-order valence-electron chi connectivity index (χ3n) is 4.20. The number of hydrogen-bond donors (Lipinski definition) is 0. The lowest BCUT2D eigenvalue weighted by Crippen LogP contribution is -2.48. The van der Waals surface area contributed by atoms with Gasteiger partial charge in [-0.05, 0) is 23.8 Å². The highest BCUT2D eigenvalue weighted by atomic mass is 79.9. The van der Waals surface area contributed by atoms with Crippen molar-refractivity contribution in [2.45, 2.75) is 0 Å². The number of amides is 1. The van der Waals surface area contributed by atoms with E-state index in [9.17, 15) is 4.79 Å². The van der Waals surface area contributed by atoms with Gasteiger partial charge < -0.3 is 4.90 Å². The monoisotopic (exact) mass is 384 g/mol. The van der Waals surface area contributed by atoms with E-state index in [1.807, 2.05) is 47.4 Å². The minimum Gasteiger partial charge on any atom is -0.336 e. The van der Waals surface area contributed by atoms with Crippen LogP contribution in [0.25, 0.3) is 6.08 Å². The van der Waals surface area contributed by atoms with Crippen LogP contribution in [0.5, 0.6) is 0 Å². The second kappa shape index (κ2) is 8.27. The van der Waals surface area contributed by atoms with Gasteiger partial charge in [0.25, 0.3) is 5.91 Å². The molecule has 1 aliphatic heterocycles. The Hall–Kier alpha value is -1.91. The molecule has 0 atom stereocenters. The molecule has 4 heteroatoms. The molecule has 24 heavy (non-hydrogen) atoms. The van der Waals surface area contributed by atoms with E-state index in [2.05, 4.69) is 45.1 Å². The van der Waals surface area contributed by atoms with Gasteiger partial charge in [0.05, 0.1) is 0 Å². The Morgan fingerprint density at radius 2 is 1.75 bits per heavy atom. The Labute approximate surface area is 151 Å². The third-order valence-corrected chi connectivity index (χ3v) is 4.70. The first-order valence-electron chi connectivity index (χ1n) is 8.21. The highest BCUT2D eigenvalue weighted by Crippen LogP contribution is 2.15. The summed E-state index contributed by atoms with van der Waals surface area (Å²) < 4.78 is 0.943. The fourth-order valence-corrected chi connectivity index (χ4v) is 3.24. The van der Waals surface area contributed by atoms with E-state index in [4.69, 9.17) is 0 Å². The smallest absolute Gasteiger partial charge is 0.253 e. The van der Waals surface area contributed by atoms with Gasteiger partial charge in [0.2, 0.25) is 0 Å². The number of piperazine rings is 1. The van der Waals surface area contributed by atoms with Crippen molar-refractivity contribution in [3.8, 4) is 0 Å². The van der Waals surface area contributed by atoms with Crippen molar-refractivity contribution in [1.82, 2.24) is 9.80 Å². The molecule has 0 bridgehead atoms. The van der Waals surface area contributed by atoms with E-state index in [1.165, 1.54) is 5.56 Å². The van der Waals surface area contributed by atoms with Crippen molar-refractivity contribution in [2.24, 2.45) is 0 Å². The van der Waals surface area contributed by atoms with E-state index < -0.39 is 0 Å². The van der Waals surface area contributed by atoms with Gasteiger partial charge in [-0.2, -0.15) is 0 Å². The Kier molecular flexibility index (Phi) is 5.83. The average Bonchev–Trinajstić information content (AvgIpc) is 2.63. The van der Waals surface area contributed by atoms with Crippen LogP contribution in [0.4, 0.5) is 0 Å². The number of rotatable bonds is 4. The second-order valence-corrected chi connectivity index (χ2v) is 6.83. The van der Waals surface area contributed by atoms with Gasteiger partial charge in [-0.1, -0.05) is 64.5 Å². The van der Waals surface area contributed by atoms with Crippen LogP contribution in [-0.2, 0) is 0 Å². The summed E-state index contributed by atoms with van der Waals surface area (Å²) in [5.41, 5.74) is 1.97. The topological polar surface area (TPSA) is 23.6 Å². The van der Waals surface area contributed by atoms with Crippen molar-refractivity contribution in [1.29, 1.82) is 0 Å². The SMILES string of the molecule is O=C(c1cccc(Br)c1)N1CCN(CC=Cc2ccccc2)CC1. The number of halogens is 1. The predicted molar refractivity (Wildman–Crippen MR) is 102 cm³/mol. The van der Waals surface area contributed by atoms with Crippen LogP contribution in [-0.4, -0.2) is 48.4 Å². The maximum atomic E-state index is 12.5. The molecule has 1 amide bonds. The summed E-state index contributed by atoms with van der Waals surface area (Å²) in [4.78, 5) is 16.9. The van der Waals surface area contributed by atoms with Gasteiger partial charge in [-0.25, -0.2) is 0 Å². The number of nitrogens with zero attached hydrogens (tertiary/aromatic N) is 2. The minimum absolute atomic E-state index is 0.121. The average molecular weight is 385 g/mol. The van der Waals surface area contributed by atoms with E-state index >= 15 is 0 Å². The number of hydrogen-bond acceptors (Lipinski definition) is 2. The summed E-state index contributed by atoms with van der Waals surface area (Å²) >= 11 is 3.43. The standard InChI is InChI=1S/C20H21BrN2O/c21-19-10-4-9-18(16-19)20(24)23-14-12-22(13-15-23)11-5-8-17-6-2-1-3-7-17/h1-10,16H,11-15H2. The predicted octanol–water partition coefficient (Wildman–Crippen LogP) is 3.92. The van der Waals surface area contributed by atoms with Gasteiger partial charge in [0, 0.05) is 42.8 Å². The lowest BCUT2D eigenvalue weighted by molar-refractivity contribution is 0.0650. The molecule has 3 nitrogen and oxygen atoms in total. The minimum atomic E-state index is 0.121. The van der Waals surface area contributed by atoms with Crippen LogP contribution in [0.2, 0.25) is 0 Å². The first kappa shape index (κ1) is 16.9. The molecule has 0 spiro atoms. The Morgan fingerprint density at radius 3 is 2.46 bits per heavy atom. The maximum absolute atomic E-state index is 12.5. The molecular formula is C20H21BrN2O. The van der Waals surface area contributed by atoms with Gasteiger partial charge in [0.15, 0.2) is 0 Å². The van der Waals surface area contributed by atoms with E-state index in [-0.39, 0.29) is 5.91 Å². The molecule has 3 rings (SSSR count). The van der Waals surface area contributed by atoms with Gasteiger partial charge in [-0.15, -0.1) is 0 Å². The molecule has 0 aliphatic carbocycles. The summed E-state index contributed by atoms with van der Waals surface area (Å²) in [5, 5.41) is 0. The number of carbonyl (C=O) groups is 1. The van der Waals surface area contributed by atoms with Crippen molar-refractivity contribution < 1.29 is 4.79 Å². The van der Waals surface area contributed by atoms with E-state index in [0.717, 1.165) is 42.8 Å². The molecule has 0 unspecified atom stereocenters. The van der Waals surface area contributed by atoms with Crippen LogP contribution in [0.1, 0.15) is 15.9 Å². The molecular weight excluding hydrogens is 364 g/mol. The Morgan fingerprint density at radius 1 is 1.00 bits per heavy atom. The first-order chi connectivity index (χ1) is 11.7. The zero-order chi connectivity index (χ0) is 16.8. The van der Waals surface area contributed by atoms with E-state index in [0.29, 0.717) is 0 Å². The zero-order valence-electron chi connectivity index (χ0n) is 13.6. The zero-order valence-corrected chi connectivity index (χ0v) is 15.2. The summed E-state index contributed by atoms with van der Waals surface area (Å²) in [6.07, 6.45) is 4.35. The van der Waals surface area contributed by atoms with Crippen molar-refractivity contribution >= 4 is 27.9 Å². The molecule has 0 radical (unpaired) electrons. The molecule has 0 aromatic heterocycles. The fraction of sp³-hybridized carbons (Fsp3) is 0.250. The van der Waals surface area contributed by atoms with Crippen molar-refractivity contribution in [2.75, 3.05) is 32.7 Å². The highest BCUT2D eigenvalue weighted by molar-refractivity contribution is 9.10. The lowest BCUT2D eigenvalue weighted by atomic mass is 10.2. The Balaban J connectivity index is 1.49. The largest absolute Gasteiger partial charge is 0.336 e.